The van der Waals surface area contributed by atoms with Crippen molar-refractivity contribution in [1.29, 1.82) is 0 Å². The highest BCUT2D eigenvalue weighted by atomic mass is 127. The van der Waals surface area contributed by atoms with Crippen LogP contribution in [0.1, 0.15) is 34.5 Å². The fourth-order valence-corrected chi connectivity index (χ4v) is 3.35. The molecule has 2 heterocycles. The van der Waals surface area contributed by atoms with E-state index >= 15 is 0 Å². The zero-order chi connectivity index (χ0) is 20.1. The lowest BCUT2D eigenvalue weighted by Crippen LogP contribution is -2.36. The van der Waals surface area contributed by atoms with Gasteiger partial charge in [0.2, 0.25) is 0 Å². The number of halogens is 1. The van der Waals surface area contributed by atoms with Gasteiger partial charge in [0, 0.05) is 50.4 Å². The van der Waals surface area contributed by atoms with Gasteiger partial charge in [0.25, 0.3) is 0 Å². The predicted octanol–water partition coefficient (Wildman–Crippen LogP) is 3.00. The minimum Gasteiger partial charge on any atom is -0.488 e. The smallest absolute Gasteiger partial charge is 0.191 e. The van der Waals surface area contributed by atoms with Crippen LogP contribution in [0, 0.1) is 20.8 Å². The third-order valence-corrected chi connectivity index (χ3v) is 5.17. The molecule has 0 spiro atoms. The molecule has 7 nitrogen and oxygen atoms in total. The van der Waals surface area contributed by atoms with E-state index in [1.165, 1.54) is 11.1 Å². The largest absolute Gasteiger partial charge is 0.488 e. The first-order valence-corrected chi connectivity index (χ1v) is 9.75. The van der Waals surface area contributed by atoms with E-state index in [2.05, 4.69) is 52.8 Å². The van der Waals surface area contributed by atoms with Gasteiger partial charge in [-0.15, -0.1) is 24.0 Å². The summed E-state index contributed by atoms with van der Waals surface area (Å²) in [6.45, 7) is 8.93. The number of benzene rings is 1. The van der Waals surface area contributed by atoms with Gasteiger partial charge in [-0.1, -0.05) is 12.1 Å². The maximum atomic E-state index is 6.18. The number of guanidine groups is 1. The van der Waals surface area contributed by atoms with Crippen LogP contribution in [-0.4, -0.2) is 42.1 Å². The van der Waals surface area contributed by atoms with Crippen LogP contribution in [0.25, 0.3) is 0 Å². The molecule has 1 aromatic carbocycles. The van der Waals surface area contributed by atoms with Gasteiger partial charge >= 0.3 is 0 Å². The summed E-state index contributed by atoms with van der Waals surface area (Å²) in [4.78, 5) is 4.34. The summed E-state index contributed by atoms with van der Waals surface area (Å²) in [6.07, 6.45) is 1.07. The number of hydrogen-bond acceptors (Lipinski definition) is 4. The Morgan fingerprint density at radius 1 is 1.28 bits per heavy atom. The molecule has 2 aromatic rings. The molecule has 1 aliphatic rings. The normalized spacial score (nSPS) is 16.4. The van der Waals surface area contributed by atoms with Gasteiger partial charge < -0.3 is 20.1 Å². The molecule has 3 rings (SSSR count). The highest BCUT2D eigenvalue weighted by Crippen LogP contribution is 2.23. The standard InChI is InChI=1S/C21H31N5O2.HI/c1-14-6-7-17(20(10-14)28-18-8-9-27-13-18)11-23-21(22-4)24-12-19-15(2)25-26(5)16(19)3;/h6-7,10,18H,8-9,11-13H2,1-5H3,(H2,22,23,24);1H. The Morgan fingerprint density at radius 3 is 2.66 bits per heavy atom. The second-order valence-corrected chi connectivity index (χ2v) is 7.27. The molecule has 2 N–H and O–H groups in total. The highest BCUT2D eigenvalue weighted by Gasteiger charge is 2.19. The lowest BCUT2D eigenvalue weighted by atomic mass is 10.1. The molecule has 0 saturated carbocycles. The van der Waals surface area contributed by atoms with Crippen molar-refractivity contribution >= 4 is 29.9 Å². The number of ether oxygens (including phenoxy) is 2. The van der Waals surface area contributed by atoms with Crippen molar-refractivity contribution in [3.05, 3.63) is 46.3 Å². The fraction of sp³-hybridized carbons (Fsp3) is 0.524. The first-order valence-electron chi connectivity index (χ1n) is 9.75. The third-order valence-electron chi connectivity index (χ3n) is 5.17. The zero-order valence-corrected chi connectivity index (χ0v) is 20.2. The molecule has 0 radical (unpaired) electrons. The van der Waals surface area contributed by atoms with Crippen LogP contribution in [0.3, 0.4) is 0 Å². The average Bonchev–Trinajstić information content (AvgIpc) is 3.26. The first kappa shape index (κ1) is 23.5. The molecule has 160 valence electrons. The molecular weight excluding hydrogens is 481 g/mol. The van der Waals surface area contributed by atoms with Crippen LogP contribution >= 0.6 is 24.0 Å². The minimum atomic E-state index is 0. The van der Waals surface area contributed by atoms with Crippen molar-refractivity contribution in [3.63, 3.8) is 0 Å². The first-order chi connectivity index (χ1) is 13.5. The molecule has 1 atom stereocenters. The molecule has 1 fully saturated rings. The predicted molar refractivity (Wildman–Crippen MR) is 126 cm³/mol. The van der Waals surface area contributed by atoms with E-state index in [0.717, 1.165) is 41.7 Å². The summed E-state index contributed by atoms with van der Waals surface area (Å²) >= 11 is 0. The van der Waals surface area contributed by atoms with Crippen LogP contribution < -0.4 is 15.4 Å². The number of nitrogens with one attached hydrogen (secondary N) is 2. The third kappa shape index (κ3) is 6.08. The maximum absolute atomic E-state index is 6.18. The Morgan fingerprint density at radius 2 is 2.03 bits per heavy atom. The van der Waals surface area contributed by atoms with E-state index in [1.807, 2.05) is 18.7 Å². The molecule has 1 aromatic heterocycles. The summed E-state index contributed by atoms with van der Waals surface area (Å²) in [5.41, 5.74) is 5.69. The Kier molecular flexibility index (Phi) is 8.76. The van der Waals surface area contributed by atoms with Crippen LogP contribution in [0.15, 0.2) is 23.2 Å². The van der Waals surface area contributed by atoms with Gasteiger partial charge in [-0.3, -0.25) is 9.67 Å². The number of rotatable bonds is 6. The molecule has 1 unspecified atom stereocenters. The molecule has 1 saturated heterocycles. The van der Waals surface area contributed by atoms with Crippen molar-refractivity contribution in [2.75, 3.05) is 20.3 Å². The Bertz CT molecular complexity index is 844. The number of aromatic nitrogens is 2. The molecule has 0 aliphatic carbocycles. The molecule has 29 heavy (non-hydrogen) atoms. The summed E-state index contributed by atoms with van der Waals surface area (Å²) in [5.74, 6) is 1.66. The summed E-state index contributed by atoms with van der Waals surface area (Å²) in [6, 6.07) is 6.30. The zero-order valence-electron chi connectivity index (χ0n) is 17.9. The Hall–Kier alpha value is -1.81. The maximum Gasteiger partial charge on any atom is 0.191 e. The van der Waals surface area contributed by atoms with E-state index < -0.39 is 0 Å². The van der Waals surface area contributed by atoms with E-state index in [-0.39, 0.29) is 30.1 Å². The van der Waals surface area contributed by atoms with Crippen LogP contribution in [0.5, 0.6) is 5.75 Å². The molecule has 8 heteroatoms. The number of hydrogen-bond donors (Lipinski definition) is 2. The van der Waals surface area contributed by atoms with Gasteiger partial charge in [0.1, 0.15) is 11.9 Å². The van der Waals surface area contributed by atoms with E-state index in [4.69, 9.17) is 9.47 Å². The van der Waals surface area contributed by atoms with Crippen molar-refractivity contribution < 1.29 is 9.47 Å². The Labute approximate surface area is 190 Å². The monoisotopic (exact) mass is 513 g/mol. The van der Waals surface area contributed by atoms with Crippen LogP contribution in [0.2, 0.25) is 0 Å². The van der Waals surface area contributed by atoms with Crippen molar-refractivity contribution in [2.45, 2.75) is 46.4 Å². The SMILES string of the molecule is CN=C(NCc1ccc(C)cc1OC1CCOC1)NCc1c(C)nn(C)c1C.I. The van der Waals surface area contributed by atoms with Gasteiger partial charge in [0.05, 0.1) is 18.9 Å². The van der Waals surface area contributed by atoms with E-state index in [0.29, 0.717) is 19.7 Å². The Balaban J connectivity index is 0.00000300. The van der Waals surface area contributed by atoms with Crippen LogP contribution in [-0.2, 0) is 24.9 Å². The van der Waals surface area contributed by atoms with Gasteiger partial charge in [-0.05, 0) is 32.4 Å². The van der Waals surface area contributed by atoms with E-state index in [1.54, 1.807) is 7.05 Å². The van der Waals surface area contributed by atoms with Gasteiger partial charge in [0.15, 0.2) is 5.96 Å². The summed E-state index contributed by atoms with van der Waals surface area (Å²) in [5, 5.41) is 11.2. The summed E-state index contributed by atoms with van der Waals surface area (Å²) < 4.78 is 13.5. The van der Waals surface area contributed by atoms with E-state index in [9.17, 15) is 0 Å². The topological polar surface area (TPSA) is 72.7 Å². The number of nitrogens with zero attached hydrogens (tertiary/aromatic N) is 3. The van der Waals surface area contributed by atoms with Crippen molar-refractivity contribution in [1.82, 2.24) is 20.4 Å². The van der Waals surface area contributed by atoms with Gasteiger partial charge in [-0.25, -0.2) is 0 Å². The molecule has 0 amide bonds. The molecular formula is C21H32IN5O2. The van der Waals surface area contributed by atoms with Crippen molar-refractivity contribution in [2.24, 2.45) is 12.0 Å². The average molecular weight is 513 g/mol. The summed E-state index contributed by atoms with van der Waals surface area (Å²) in [7, 11) is 3.74. The van der Waals surface area contributed by atoms with Crippen molar-refractivity contribution in [3.8, 4) is 5.75 Å². The fourth-order valence-electron chi connectivity index (χ4n) is 3.35. The second-order valence-electron chi connectivity index (χ2n) is 7.27. The quantitative estimate of drug-likeness (QED) is 0.353. The molecule has 0 bridgehead atoms. The highest BCUT2D eigenvalue weighted by molar-refractivity contribution is 14.0. The second kappa shape index (κ2) is 10.8. The lowest BCUT2D eigenvalue weighted by Gasteiger charge is -2.18. The number of aliphatic imine (C=N–C) groups is 1. The lowest BCUT2D eigenvalue weighted by molar-refractivity contribution is 0.140. The van der Waals surface area contributed by atoms with Gasteiger partial charge in [-0.2, -0.15) is 5.10 Å². The van der Waals surface area contributed by atoms with Crippen LogP contribution in [0.4, 0.5) is 0 Å². The molecule has 1 aliphatic heterocycles. The minimum absolute atomic E-state index is 0. The number of aryl methyl sites for hydroxylation is 3.